The molecular weight excluding hydrogens is 432 g/mol. The lowest BCUT2D eigenvalue weighted by Crippen LogP contribution is -2.27. The average Bonchev–Trinajstić information content (AvgIpc) is 3.05. The number of nitrogens with one attached hydrogen (secondary N) is 3. The number of rotatable bonds is 10. The lowest BCUT2D eigenvalue weighted by atomic mass is 9.94. The van der Waals surface area contributed by atoms with Crippen molar-refractivity contribution in [3.05, 3.63) is 35.2 Å². The lowest BCUT2D eigenvalue weighted by Gasteiger charge is -2.19. The Balaban J connectivity index is 1.89. The molecule has 11 heteroatoms. The first-order valence-electron chi connectivity index (χ1n) is 10.6. The van der Waals surface area contributed by atoms with Gasteiger partial charge in [0.25, 0.3) is 0 Å². The highest BCUT2D eigenvalue weighted by Gasteiger charge is 2.24. The molecule has 3 rings (SSSR count). The van der Waals surface area contributed by atoms with Crippen LogP contribution >= 0.6 is 0 Å². The van der Waals surface area contributed by atoms with Gasteiger partial charge in [-0.15, -0.1) is 0 Å². The fourth-order valence-electron chi connectivity index (χ4n) is 3.79. The molecular formula is C21H30N6O4S. The fourth-order valence-corrected chi connectivity index (χ4v) is 4.21. The zero-order valence-corrected chi connectivity index (χ0v) is 19.5. The molecule has 2 heterocycles. The van der Waals surface area contributed by atoms with Crippen molar-refractivity contribution in [2.45, 2.75) is 52.0 Å². The van der Waals surface area contributed by atoms with E-state index < -0.39 is 10.0 Å². The van der Waals surface area contributed by atoms with Gasteiger partial charge in [0, 0.05) is 12.1 Å². The molecule has 1 aromatic carbocycles. The van der Waals surface area contributed by atoms with Crippen LogP contribution in [0.1, 0.15) is 50.1 Å². The summed E-state index contributed by atoms with van der Waals surface area (Å²) >= 11 is 0. The van der Waals surface area contributed by atoms with E-state index in [-0.39, 0.29) is 36.4 Å². The van der Waals surface area contributed by atoms with E-state index in [1.54, 1.807) is 0 Å². The minimum absolute atomic E-state index is 0.0360. The summed E-state index contributed by atoms with van der Waals surface area (Å²) in [5, 5.41) is 15.7. The summed E-state index contributed by atoms with van der Waals surface area (Å²) in [5.74, 6) is 0.758. The smallest absolute Gasteiger partial charge is 0.241 e. The van der Waals surface area contributed by atoms with E-state index in [1.165, 1.54) is 0 Å². The molecule has 1 aliphatic rings. The molecule has 1 aliphatic heterocycles. The molecule has 2 atom stereocenters. The molecule has 32 heavy (non-hydrogen) atoms. The molecule has 0 saturated heterocycles. The number of anilines is 3. The van der Waals surface area contributed by atoms with Crippen LogP contribution in [-0.2, 0) is 27.7 Å². The largest absolute Gasteiger partial charge is 0.394 e. The first kappa shape index (κ1) is 23.9. The number of sulfonamides is 1. The Labute approximate surface area is 188 Å². The Hall–Kier alpha value is -2.79. The number of amides is 1. The van der Waals surface area contributed by atoms with Gasteiger partial charge in [-0.2, -0.15) is 15.0 Å². The van der Waals surface area contributed by atoms with Gasteiger partial charge in [0.15, 0.2) is 0 Å². The van der Waals surface area contributed by atoms with E-state index in [2.05, 4.69) is 30.3 Å². The van der Waals surface area contributed by atoms with Crippen molar-refractivity contribution in [2.75, 3.05) is 28.2 Å². The van der Waals surface area contributed by atoms with Gasteiger partial charge in [0.1, 0.15) is 5.82 Å². The van der Waals surface area contributed by atoms with Crippen LogP contribution in [0, 0.1) is 5.92 Å². The van der Waals surface area contributed by atoms with Crippen LogP contribution in [-0.4, -0.2) is 53.3 Å². The molecule has 1 aromatic heterocycles. The summed E-state index contributed by atoms with van der Waals surface area (Å²) in [4.78, 5) is 24.7. The third kappa shape index (κ3) is 6.36. The quantitative estimate of drug-likeness (QED) is 0.419. The highest BCUT2D eigenvalue weighted by Crippen LogP contribution is 2.33. The van der Waals surface area contributed by atoms with Crippen molar-refractivity contribution in [1.82, 2.24) is 15.0 Å². The van der Waals surface area contributed by atoms with Crippen LogP contribution in [0.5, 0.6) is 0 Å². The summed E-state index contributed by atoms with van der Waals surface area (Å²) in [6.45, 7) is 5.97. The zero-order chi connectivity index (χ0) is 23.5. The molecule has 0 radical (unpaired) electrons. The SMILES string of the molecule is CC(C)C[C@H](CO)Nc1nc(CC(C)c2cccc3c2NC(=O)C3)nc(NS(C)(=O)=O)n1. The second kappa shape index (κ2) is 9.78. The van der Waals surface area contributed by atoms with E-state index in [9.17, 15) is 18.3 Å². The molecule has 0 spiro atoms. The summed E-state index contributed by atoms with van der Waals surface area (Å²) < 4.78 is 25.8. The highest BCUT2D eigenvalue weighted by atomic mass is 32.2. The van der Waals surface area contributed by atoms with Crippen LogP contribution in [0.25, 0.3) is 0 Å². The number of benzene rings is 1. The highest BCUT2D eigenvalue weighted by molar-refractivity contribution is 7.91. The first-order valence-corrected chi connectivity index (χ1v) is 12.4. The molecule has 0 aliphatic carbocycles. The third-order valence-electron chi connectivity index (χ3n) is 5.09. The summed E-state index contributed by atoms with van der Waals surface area (Å²) in [6.07, 6.45) is 2.47. The molecule has 1 unspecified atom stereocenters. The molecule has 10 nitrogen and oxygen atoms in total. The van der Waals surface area contributed by atoms with Crippen molar-refractivity contribution in [3.8, 4) is 0 Å². The maximum absolute atomic E-state index is 11.8. The molecule has 1 amide bonds. The Morgan fingerprint density at radius 3 is 2.53 bits per heavy atom. The molecule has 0 fully saturated rings. The number of hydrogen-bond acceptors (Lipinski definition) is 8. The molecule has 0 saturated carbocycles. The number of nitrogens with zero attached hydrogens (tertiary/aromatic N) is 3. The van der Waals surface area contributed by atoms with Crippen molar-refractivity contribution < 1.29 is 18.3 Å². The fraction of sp³-hybridized carbons (Fsp3) is 0.524. The van der Waals surface area contributed by atoms with Crippen molar-refractivity contribution in [1.29, 1.82) is 0 Å². The van der Waals surface area contributed by atoms with Crippen LogP contribution in [0.2, 0.25) is 0 Å². The van der Waals surface area contributed by atoms with Crippen molar-refractivity contribution in [2.24, 2.45) is 5.92 Å². The number of fused-ring (bicyclic) bond motifs is 1. The molecule has 4 N–H and O–H groups in total. The van der Waals surface area contributed by atoms with Crippen LogP contribution in [0.4, 0.5) is 17.6 Å². The van der Waals surface area contributed by atoms with Gasteiger partial charge < -0.3 is 15.7 Å². The number of aliphatic hydroxyl groups is 1. The van der Waals surface area contributed by atoms with E-state index in [0.717, 1.165) is 23.1 Å². The Morgan fingerprint density at radius 2 is 1.88 bits per heavy atom. The maximum Gasteiger partial charge on any atom is 0.241 e. The van der Waals surface area contributed by atoms with Crippen molar-refractivity contribution in [3.63, 3.8) is 0 Å². The predicted molar refractivity (Wildman–Crippen MR) is 123 cm³/mol. The van der Waals surface area contributed by atoms with Gasteiger partial charge >= 0.3 is 0 Å². The minimum Gasteiger partial charge on any atom is -0.394 e. The standard InChI is InChI=1S/C21H30N6O4S/c1-12(2)8-15(11-28)22-20-23-17(24-21(26-20)27-32(4,30)31)9-13(3)16-7-5-6-14-10-18(29)25-19(14)16/h5-7,12-13,15,28H,8-11H2,1-4H3,(H,25,29)(H2,22,23,24,26,27)/t13?,15-/m1/s1. The van der Waals surface area contributed by atoms with E-state index in [4.69, 9.17) is 0 Å². The van der Waals surface area contributed by atoms with E-state index in [0.29, 0.717) is 31.0 Å². The Bertz CT molecular complexity index is 1090. The van der Waals surface area contributed by atoms with Gasteiger partial charge in [-0.05, 0) is 29.4 Å². The topological polar surface area (TPSA) is 146 Å². The minimum atomic E-state index is -3.59. The summed E-state index contributed by atoms with van der Waals surface area (Å²) in [6, 6.07) is 5.52. The molecule has 174 valence electrons. The lowest BCUT2D eigenvalue weighted by molar-refractivity contribution is -0.115. The molecule has 0 bridgehead atoms. The summed E-state index contributed by atoms with van der Waals surface area (Å²) in [5.41, 5.74) is 2.74. The van der Waals surface area contributed by atoms with Gasteiger partial charge in [0.2, 0.25) is 27.8 Å². The van der Waals surface area contributed by atoms with Crippen LogP contribution in [0.3, 0.4) is 0 Å². The summed E-state index contributed by atoms with van der Waals surface area (Å²) in [7, 11) is -3.59. The number of aliphatic hydroxyl groups excluding tert-OH is 1. The van der Waals surface area contributed by atoms with Gasteiger partial charge in [-0.1, -0.05) is 39.0 Å². The Kier molecular flexibility index (Phi) is 7.29. The second-order valence-corrected chi connectivity index (χ2v) is 10.4. The van der Waals surface area contributed by atoms with Crippen LogP contribution < -0.4 is 15.4 Å². The average molecular weight is 463 g/mol. The van der Waals surface area contributed by atoms with Gasteiger partial charge in [-0.25, -0.2) is 8.42 Å². The van der Waals surface area contributed by atoms with E-state index in [1.807, 2.05) is 39.0 Å². The predicted octanol–water partition coefficient (Wildman–Crippen LogP) is 1.90. The normalized spacial score (nSPS) is 15.2. The van der Waals surface area contributed by atoms with Crippen LogP contribution in [0.15, 0.2) is 18.2 Å². The van der Waals surface area contributed by atoms with E-state index >= 15 is 0 Å². The van der Waals surface area contributed by atoms with Gasteiger partial charge in [0.05, 0.1) is 25.3 Å². The molecule has 2 aromatic rings. The number of carbonyl (C=O) groups excluding carboxylic acids is 1. The maximum atomic E-state index is 11.8. The monoisotopic (exact) mass is 462 g/mol. The Morgan fingerprint density at radius 1 is 1.16 bits per heavy atom. The van der Waals surface area contributed by atoms with Gasteiger partial charge in [-0.3, -0.25) is 9.52 Å². The number of para-hydroxylation sites is 1. The number of hydrogen-bond donors (Lipinski definition) is 4. The number of aromatic nitrogens is 3. The second-order valence-electron chi connectivity index (χ2n) is 8.64. The zero-order valence-electron chi connectivity index (χ0n) is 18.7. The first-order chi connectivity index (χ1) is 15.0. The number of carbonyl (C=O) groups is 1. The van der Waals surface area contributed by atoms with Crippen molar-refractivity contribution >= 4 is 33.5 Å². The third-order valence-corrected chi connectivity index (χ3v) is 5.64.